The predicted molar refractivity (Wildman–Crippen MR) is 81.5 cm³/mol. The van der Waals surface area contributed by atoms with E-state index in [1.807, 2.05) is 24.3 Å². The standard InChI is InChI=1S/C17H17NO4/c19-16(12-22-14-9-5-2-6-10-14)18-15(11-17(20)21)13-7-3-1-4-8-13/h1-10,15H,11-12H2,(H,18,19)(H,20,21)/t15-/m1/s1. The summed E-state index contributed by atoms with van der Waals surface area (Å²) in [5.41, 5.74) is 0.748. The number of rotatable bonds is 7. The molecule has 0 aliphatic rings. The second-order valence-electron chi connectivity index (χ2n) is 4.73. The Morgan fingerprint density at radius 3 is 2.18 bits per heavy atom. The largest absolute Gasteiger partial charge is 0.484 e. The van der Waals surface area contributed by atoms with Gasteiger partial charge in [-0.15, -0.1) is 0 Å². The van der Waals surface area contributed by atoms with Crippen LogP contribution in [0, 0.1) is 0 Å². The van der Waals surface area contributed by atoms with Crippen molar-refractivity contribution in [1.29, 1.82) is 0 Å². The van der Waals surface area contributed by atoms with Gasteiger partial charge in [-0.1, -0.05) is 48.5 Å². The van der Waals surface area contributed by atoms with Crippen molar-refractivity contribution in [2.45, 2.75) is 12.5 Å². The Balaban J connectivity index is 1.95. The van der Waals surface area contributed by atoms with Crippen LogP contribution in [-0.4, -0.2) is 23.6 Å². The van der Waals surface area contributed by atoms with Crippen LogP contribution in [0.5, 0.6) is 5.75 Å². The first kappa shape index (κ1) is 15.6. The zero-order valence-corrected chi connectivity index (χ0v) is 11.9. The molecule has 2 aromatic rings. The van der Waals surface area contributed by atoms with E-state index < -0.39 is 12.0 Å². The van der Waals surface area contributed by atoms with Gasteiger partial charge in [-0.2, -0.15) is 0 Å². The molecule has 0 unspecified atom stereocenters. The average Bonchev–Trinajstić information content (AvgIpc) is 2.54. The number of hydrogen-bond acceptors (Lipinski definition) is 3. The van der Waals surface area contributed by atoms with Gasteiger partial charge in [0.2, 0.25) is 0 Å². The Morgan fingerprint density at radius 2 is 1.59 bits per heavy atom. The SMILES string of the molecule is O=C(O)C[C@@H](NC(=O)COc1ccccc1)c1ccccc1. The number of amides is 1. The fraction of sp³-hybridized carbons (Fsp3) is 0.176. The Bertz CT molecular complexity index is 613. The zero-order valence-electron chi connectivity index (χ0n) is 11.9. The molecule has 5 heteroatoms. The maximum atomic E-state index is 12.0. The Morgan fingerprint density at radius 1 is 1.00 bits per heavy atom. The van der Waals surface area contributed by atoms with E-state index in [9.17, 15) is 9.59 Å². The van der Waals surface area contributed by atoms with E-state index in [1.54, 1.807) is 36.4 Å². The van der Waals surface area contributed by atoms with Crippen molar-refractivity contribution in [3.05, 3.63) is 66.2 Å². The minimum atomic E-state index is -0.974. The Kier molecular flexibility index (Phi) is 5.54. The topological polar surface area (TPSA) is 75.6 Å². The van der Waals surface area contributed by atoms with Crippen molar-refractivity contribution in [1.82, 2.24) is 5.32 Å². The lowest BCUT2D eigenvalue weighted by Gasteiger charge is -2.17. The molecule has 0 aliphatic carbocycles. The number of carboxylic acid groups (broad SMARTS) is 1. The first-order valence-corrected chi connectivity index (χ1v) is 6.89. The van der Waals surface area contributed by atoms with Gasteiger partial charge in [0.1, 0.15) is 5.75 Å². The van der Waals surface area contributed by atoms with Crippen LogP contribution in [0.2, 0.25) is 0 Å². The molecule has 0 fully saturated rings. The van der Waals surface area contributed by atoms with Crippen LogP contribution in [-0.2, 0) is 9.59 Å². The maximum absolute atomic E-state index is 12.0. The monoisotopic (exact) mass is 299 g/mol. The highest BCUT2D eigenvalue weighted by Gasteiger charge is 2.18. The van der Waals surface area contributed by atoms with Gasteiger partial charge < -0.3 is 15.2 Å². The minimum Gasteiger partial charge on any atom is -0.484 e. The van der Waals surface area contributed by atoms with Crippen molar-refractivity contribution >= 4 is 11.9 Å². The molecule has 2 N–H and O–H groups in total. The van der Waals surface area contributed by atoms with Crippen LogP contribution < -0.4 is 10.1 Å². The van der Waals surface area contributed by atoms with Crippen LogP contribution in [0.4, 0.5) is 0 Å². The molecule has 0 saturated heterocycles. The average molecular weight is 299 g/mol. The molecule has 114 valence electrons. The van der Waals surface area contributed by atoms with Crippen molar-refractivity contribution in [2.24, 2.45) is 0 Å². The van der Waals surface area contributed by atoms with E-state index in [1.165, 1.54) is 0 Å². The molecule has 2 rings (SSSR count). The van der Waals surface area contributed by atoms with Gasteiger partial charge in [-0.3, -0.25) is 9.59 Å². The first-order valence-electron chi connectivity index (χ1n) is 6.89. The molecule has 0 bridgehead atoms. The van der Waals surface area contributed by atoms with E-state index in [0.29, 0.717) is 5.75 Å². The zero-order chi connectivity index (χ0) is 15.8. The van der Waals surface area contributed by atoms with Gasteiger partial charge in [0.05, 0.1) is 12.5 Å². The summed E-state index contributed by atoms with van der Waals surface area (Å²) in [6, 6.07) is 17.4. The first-order chi connectivity index (χ1) is 10.6. The van der Waals surface area contributed by atoms with Gasteiger partial charge in [-0.05, 0) is 17.7 Å². The predicted octanol–water partition coefficient (Wildman–Crippen LogP) is 2.40. The molecule has 0 saturated carbocycles. The molecule has 0 radical (unpaired) electrons. The highest BCUT2D eigenvalue weighted by Crippen LogP contribution is 2.16. The van der Waals surface area contributed by atoms with Gasteiger partial charge in [0, 0.05) is 0 Å². The summed E-state index contributed by atoms with van der Waals surface area (Å²) in [7, 11) is 0. The third-order valence-electron chi connectivity index (χ3n) is 3.03. The van der Waals surface area contributed by atoms with Crippen LogP contribution >= 0.6 is 0 Å². The molecule has 22 heavy (non-hydrogen) atoms. The number of ether oxygens (including phenoxy) is 1. The quantitative estimate of drug-likeness (QED) is 0.823. The molecule has 5 nitrogen and oxygen atoms in total. The van der Waals surface area contributed by atoms with Gasteiger partial charge >= 0.3 is 5.97 Å². The summed E-state index contributed by atoms with van der Waals surface area (Å²) in [5, 5.41) is 11.7. The van der Waals surface area contributed by atoms with Crippen molar-refractivity contribution < 1.29 is 19.4 Å². The molecular weight excluding hydrogens is 282 g/mol. The van der Waals surface area contributed by atoms with E-state index in [0.717, 1.165) is 5.56 Å². The number of benzene rings is 2. The molecular formula is C17H17NO4. The summed E-state index contributed by atoms with van der Waals surface area (Å²) in [5.74, 6) is -0.746. The van der Waals surface area contributed by atoms with Crippen molar-refractivity contribution in [3.63, 3.8) is 0 Å². The third kappa shape index (κ3) is 4.94. The van der Waals surface area contributed by atoms with E-state index >= 15 is 0 Å². The van der Waals surface area contributed by atoms with Gasteiger partial charge in [0.25, 0.3) is 5.91 Å². The smallest absolute Gasteiger partial charge is 0.305 e. The second-order valence-corrected chi connectivity index (χ2v) is 4.73. The molecule has 1 amide bonds. The number of carbonyl (C=O) groups excluding carboxylic acids is 1. The van der Waals surface area contributed by atoms with Crippen LogP contribution in [0.25, 0.3) is 0 Å². The number of carboxylic acids is 1. The van der Waals surface area contributed by atoms with Crippen LogP contribution in [0.3, 0.4) is 0 Å². The lowest BCUT2D eigenvalue weighted by atomic mass is 10.0. The lowest BCUT2D eigenvalue weighted by molar-refractivity contribution is -0.137. The molecule has 0 spiro atoms. The molecule has 0 aliphatic heterocycles. The fourth-order valence-corrected chi connectivity index (χ4v) is 2.01. The number of hydrogen-bond donors (Lipinski definition) is 2. The summed E-state index contributed by atoms with van der Waals surface area (Å²) < 4.78 is 5.35. The Labute approximate surface area is 128 Å². The van der Waals surface area contributed by atoms with Gasteiger partial charge in [0.15, 0.2) is 6.61 Å². The van der Waals surface area contributed by atoms with Gasteiger partial charge in [-0.25, -0.2) is 0 Å². The number of carbonyl (C=O) groups is 2. The highest BCUT2D eigenvalue weighted by molar-refractivity contribution is 5.79. The summed E-state index contributed by atoms with van der Waals surface area (Å²) in [4.78, 5) is 22.9. The third-order valence-corrected chi connectivity index (χ3v) is 3.03. The number of aliphatic carboxylic acids is 1. The summed E-state index contributed by atoms with van der Waals surface area (Å²) in [6.45, 7) is -0.160. The molecule has 2 aromatic carbocycles. The summed E-state index contributed by atoms with van der Waals surface area (Å²) >= 11 is 0. The number of nitrogens with one attached hydrogen (secondary N) is 1. The normalized spacial score (nSPS) is 11.5. The summed E-state index contributed by atoms with van der Waals surface area (Å²) in [6.07, 6.45) is -0.179. The maximum Gasteiger partial charge on any atom is 0.305 e. The van der Waals surface area contributed by atoms with Crippen LogP contribution in [0.1, 0.15) is 18.0 Å². The molecule has 1 atom stereocenters. The lowest BCUT2D eigenvalue weighted by Crippen LogP contribution is -2.33. The van der Waals surface area contributed by atoms with E-state index in [4.69, 9.17) is 9.84 Å². The van der Waals surface area contributed by atoms with E-state index in [-0.39, 0.29) is 18.9 Å². The van der Waals surface area contributed by atoms with Crippen molar-refractivity contribution in [3.8, 4) is 5.75 Å². The van der Waals surface area contributed by atoms with Crippen LogP contribution in [0.15, 0.2) is 60.7 Å². The Hall–Kier alpha value is -2.82. The van der Waals surface area contributed by atoms with Crippen molar-refractivity contribution in [2.75, 3.05) is 6.61 Å². The second kappa shape index (κ2) is 7.83. The molecule has 0 aromatic heterocycles. The number of para-hydroxylation sites is 1. The highest BCUT2D eigenvalue weighted by atomic mass is 16.5. The van der Waals surface area contributed by atoms with E-state index in [2.05, 4.69) is 5.32 Å². The molecule has 0 heterocycles. The fourth-order valence-electron chi connectivity index (χ4n) is 2.01. The minimum absolute atomic E-state index is 0.160.